The number of nitrogens with zero attached hydrogens (tertiary/aromatic N) is 3. The largest absolute Gasteiger partial charge is 0.259 e. The fourth-order valence-electron chi connectivity index (χ4n) is 1.62. The number of fused-ring (bicyclic) bond motifs is 1. The lowest BCUT2D eigenvalue weighted by Crippen LogP contribution is -1.83. The van der Waals surface area contributed by atoms with E-state index in [0.29, 0.717) is 10.3 Å². The summed E-state index contributed by atoms with van der Waals surface area (Å²) in [5, 5.41) is 16.0. The Bertz CT molecular complexity index is 633. The molecule has 3 aromatic rings. The van der Waals surface area contributed by atoms with Crippen molar-refractivity contribution in [2.45, 2.75) is 0 Å². The fourth-order valence-corrected chi connectivity index (χ4v) is 1.92. The third kappa shape index (κ3) is 1.49. The van der Waals surface area contributed by atoms with Crippen molar-refractivity contribution in [1.82, 2.24) is 20.4 Å². The lowest BCUT2D eigenvalue weighted by atomic mass is 10.1. The Morgan fingerprint density at radius 3 is 2.69 bits per heavy atom. The number of hydrogen-bond donors (Lipinski definition) is 1. The van der Waals surface area contributed by atoms with Crippen LogP contribution in [0.15, 0.2) is 41.0 Å². The van der Waals surface area contributed by atoms with Crippen molar-refractivity contribution in [3.63, 3.8) is 0 Å². The Kier molecular flexibility index (Phi) is 2.18. The van der Waals surface area contributed by atoms with Crippen LogP contribution in [0.1, 0.15) is 0 Å². The molecule has 4 nitrogen and oxygen atoms in total. The van der Waals surface area contributed by atoms with Crippen LogP contribution in [0.3, 0.4) is 0 Å². The molecule has 2 aromatic heterocycles. The standard InChI is InChI=1S/C11H7BrN4/c12-9-6-8-10(7-4-2-1-3-5-7)14-16-11(8)15-13-9/h1-6H,(H,14,15,16). The molecular weight excluding hydrogens is 268 g/mol. The van der Waals surface area contributed by atoms with E-state index in [2.05, 4.69) is 36.3 Å². The first-order valence-electron chi connectivity index (χ1n) is 4.77. The van der Waals surface area contributed by atoms with Gasteiger partial charge < -0.3 is 0 Å². The predicted octanol–water partition coefficient (Wildman–Crippen LogP) is 2.78. The van der Waals surface area contributed by atoms with E-state index in [1.54, 1.807) is 0 Å². The van der Waals surface area contributed by atoms with Gasteiger partial charge in [0.2, 0.25) is 0 Å². The molecule has 0 aliphatic carbocycles. The minimum Gasteiger partial charge on any atom is -0.259 e. The molecule has 0 saturated heterocycles. The van der Waals surface area contributed by atoms with Crippen LogP contribution in [0.25, 0.3) is 22.3 Å². The molecule has 0 unspecified atom stereocenters. The van der Waals surface area contributed by atoms with Gasteiger partial charge in [-0.3, -0.25) is 5.10 Å². The first-order valence-corrected chi connectivity index (χ1v) is 5.56. The molecule has 1 N–H and O–H groups in total. The molecular formula is C11H7BrN4. The average molecular weight is 275 g/mol. The summed E-state index contributed by atoms with van der Waals surface area (Å²) in [5.74, 6) is 0. The van der Waals surface area contributed by atoms with Gasteiger partial charge in [-0.1, -0.05) is 30.3 Å². The van der Waals surface area contributed by atoms with Crippen LogP contribution in [0, 0.1) is 0 Å². The third-order valence-corrected chi connectivity index (χ3v) is 2.73. The second-order valence-corrected chi connectivity index (χ2v) is 4.18. The quantitative estimate of drug-likeness (QED) is 0.743. The number of rotatable bonds is 1. The molecule has 0 amide bonds. The van der Waals surface area contributed by atoms with E-state index in [-0.39, 0.29) is 0 Å². The molecule has 0 aliphatic heterocycles. The number of halogens is 1. The highest BCUT2D eigenvalue weighted by Crippen LogP contribution is 2.25. The molecule has 5 heteroatoms. The van der Waals surface area contributed by atoms with Gasteiger partial charge in [0.05, 0.1) is 5.39 Å². The number of hydrogen-bond acceptors (Lipinski definition) is 3. The van der Waals surface area contributed by atoms with Crippen LogP contribution in [-0.4, -0.2) is 20.4 Å². The van der Waals surface area contributed by atoms with Crippen molar-refractivity contribution in [3.05, 3.63) is 41.0 Å². The van der Waals surface area contributed by atoms with E-state index in [9.17, 15) is 0 Å². The molecule has 2 heterocycles. The zero-order chi connectivity index (χ0) is 11.0. The zero-order valence-corrected chi connectivity index (χ0v) is 9.77. The molecule has 0 atom stereocenters. The van der Waals surface area contributed by atoms with Crippen molar-refractivity contribution in [1.29, 1.82) is 0 Å². The van der Waals surface area contributed by atoms with Crippen LogP contribution >= 0.6 is 15.9 Å². The molecule has 16 heavy (non-hydrogen) atoms. The SMILES string of the molecule is Brc1cc2c(-c3ccccc3)n[nH]c2nn1. The lowest BCUT2D eigenvalue weighted by molar-refractivity contribution is 1.01. The van der Waals surface area contributed by atoms with Gasteiger partial charge in [0.1, 0.15) is 10.3 Å². The maximum absolute atomic E-state index is 4.26. The van der Waals surface area contributed by atoms with Gasteiger partial charge in [-0.15, -0.1) is 10.2 Å². The normalized spacial score (nSPS) is 10.8. The third-order valence-electron chi connectivity index (χ3n) is 2.34. The summed E-state index contributed by atoms with van der Waals surface area (Å²) in [6, 6.07) is 11.9. The fraction of sp³-hybridized carbons (Fsp3) is 0. The molecule has 3 rings (SSSR count). The van der Waals surface area contributed by atoms with Crippen LogP contribution in [0.2, 0.25) is 0 Å². The van der Waals surface area contributed by atoms with Crippen molar-refractivity contribution in [2.24, 2.45) is 0 Å². The summed E-state index contributed by atoms with van der Waals surface area (Å²) >= 11 is 3.31. The highest BCUT2D eigenvalue weighted by Gasteiger charge is 2.09. The van der Waals surface area contributed by atoms with Gasteiger partial charge >= 0.3 is 0 Å². The zero-order valence-electron chi connectivity index (χ0n) is 8.18. The second-order valence-electron chi connectivity index (χ2n) is 3.37. The summed E-state index contributed by atoms with van der Waals surface area (Å²) in [4.78, 5) is 0. The minimum absolute atomic E-state index is 0.696. The minimum atomic E-state index is 0.696. The summed E-state index contributed by atoms with van der Waals surface area (Å²) < 4.78 is 0.707. The first-order chi connectivity index (χ1) is 7.84. The summed E-state index contributed by atoms with van der Waals surface area (Å²) in [5.41, 5.74) is 2.65. The Labute approximate surface area is 99.8 Å². The average Bonchev–Trinajstić information content (AvgIpc) is 2.73. The van der Waals surface area contributed by atoms with Crippen molar-refractivity contribution in [3.8, 4) is 11.3 Å². The van der Waals surface area contributed by atoms with E-state index in [1.807, 2.05) is 36.4 Å². The van der Waals surface area contributed by atoms with Gasteiger partial charge in [0.25, 0.3) is 0 Å². The highest BCUT2D eigenvalue weighted by atomic mass is 79.9. The highest BCUT2D eigenvalue weighted by molar-refractivity contribution is 9.10. The number of aromatic nitrogens is 4. The first kappa shape index (κ1) is 9.47. The smallest absolute Gasteiger partial charge is 0.178 e. The lowest BCUT2D eigenvalue weighted by Gasteiger charge is -1.96. The van der Waals surface area contributed by atoms with Gasteiger partial charge in [0.15, 0.2) is 5.65 Å². The van der Waals surface area contributed by atoms with Crippen molar-refractivity contribution < 1.29 is 0 Å². The molecule has 1 aromatic carbocycles. The maximum Gasteiger partial charge on any atom is 0.178 e. The molecule has 0 bridgehead atoms. The number of H-pyrrole nitrogens is 1. The monoisotopic (exact) mass is 274 g/mol. The van der Waals surface area contributed by atoms with Gasteiger partial charge in [-0.2, -0.15) is 5.10 Å². The molecule has 0 spiro atoms. The number of aromatic amines is 1. The van der Waals surface area contributed by atoms with E-state index in [0.717, 1.165) is 16.6 Å². The van der Waals surface area contributed by atoms with E-state index in [1.165, 1.54) is 0 Å². The Morgan fingerprint density at radius 1 is 1.06 bits per heavy atom. The Morgan fingerprint density at radius 2 is 1.88 bits per heavy atom. The van der Waals surface area contributed by atoms with Gasteiger partial charge in [-0.25, -0.2) is 0 Å². The Balaban J connectivity index is 2.29. The molecule has 0 radical (unpaired) electrons. The summed E-state index contributed by atoms with van der Waals surface area (Å²) in [7, 11) is 0. The topological polar surface area (TPSA) is 54.5 Å². The van der Waals surface area contributed by atoms with Crippen LogP contribution in [-0.2, 0) is 0 Å². The second kappa shape index (κ2) is 3.68. The van der Waals surface area contributed by atoms with Crippen molar-refractivity contribution in [2.75, 3.05) is 0 Å². The van der Waals surface area contributed by atoms with Gasteiger partial charge in [-0.05, 0) is 22.0 Å². The van der Waals surface area contributed by atoms with Gasteiger partial charge in [0, 0.05) is 5.56 Å². The van der Waals surface area contributed by atoms with Crippen LogP contribution < -0.4 is 0 Å². The number of benzene rings is 1. The molecule has 0 aliphatic rings. The van der Waals surface area contributed by atoms with E-state index in [4.69, 9.17) is 0 Å². The summed E-state index contributed by atoms with van der Waals surface area (Å²) in [6.45, 7) is 0. The summed E-state index contributed by atoms with van der Waals surface area (Å²) in [6.07, 6.45) is 0. The Hall–Kier alpha value is -1.75. The van der Waals surface area contributed by atoms with Crippen molar-refractivity contribution >= 4 is 27.0 Å². The van der Waals surface area contributed by atoms with E-state index >= 15 is 0 Å². The number of nitrogens with one attached hydrogen (secondary N) is 1. The predicted molar refractivity (Wildman–Crippen MR) is 64.8 cm³/mol. The molecule has 78 valence electrons. The van der Waals surface area contributed by atoms with E-state index < -0.39 is 0 Å². The molecule has 0 saturated carbocycles. The maximum atomic E-state index is 4.26. The van der Waals surface area contributed by atoms with Crippen LogP contribution in [0.4, 0.5) is 0 Å². The molecule has 0 fully saturated rings. The van der Waals surface area contributed by atoms with Crippen LogP contribution in [0.5, 0.6) is 0 Å².